The second kappa shape index (κ2) is 7.48. The fourth-order valence-electron chi connectivity index (χ4n) is 1.67. The minimum atomic E-state index is -3.97. The molecule has 0 aliphatic carbocycles. The normalized spacial score (nSPS) is 11.4. The second-order valence-electron chi connectivity index (χ2n) is 4.59. The highest BCUT2D eigenvalue weighted by Gasteiger charge is 2.15. The third-order valence-corrected chi connectivity index (χ3v) is 3.36. The summed E-state index contributed by atoms with van der Waals surface area (Å²) in [5.74, 6) is -1.85. The lowest BCUT2D eigenvalue weighted by Gasteiger charge is -2.09. The van der Waals surface area contributed by atoms with Crippen molar-refractivity contribution in [2.45, 2.75) is 19.8 Å². The number of quaternary nitrogens is 1. The molecule has 0 saturated heterocycles. The maximum atomic E-state index is 13.2. The molecule has 0 aromatic heterocycles. The van der Waals surface area contributed by atoms with Crippen LogP contribution < -0.4 is 10.1 Å². The summed E-state index contributed by atoms with van der Waals surface area (Å²) in [6.07, 6.45) is 0.751. The summed E-state index contributed by atoms with van der Waals surface area (Å²) >= 11 is 0. The van der Waals surface area contributed by atoms with Crippen LogP contribution in [0, 0.1) is 11.6 Å². The largest absolute Gasteiger partial charge is 0.456 e. The van der Waals surface area contributed by atoms with Crippen LogP contribution in [0.15, 0.2) is 24.5 Å². The van der Waals surface area contributed by atoms with E-state index in [4.69, 9.17) is 9.29 Å². The number of allylic oxidation sites excluding steroid dienone is 1. The van der Waals surface area contributed by atoms with Gasteiger partial charge in [-0.25, -0.2) is 8.78 Å². The number of ether oxygens (including phenoxy) is 1. The van der Waals surface area contributed by atoms with Crippen molar-refractivity contribution in [3.8, 4) is 5.75 Å². The van der Waals surface area contributed by atoms with E-state index < -0.39 is 21.8 Å². The first-order valence-corrected chi connectivity index (χ1v) is 7.91. The zero-order chi connectivity index (χ0) is 16.0. The molecule has 118 valence electrons. The Morgan fingerprint density at radius 3 is 2.52 bits per heavy atom. The quantitative estimate of drug-likeness (QED) is 0.331. The molecule has 0 saturated carbocycles. The molecule has 0 atom stereocenters. The van der Waals surface area contributed by atoms with E-state index in [9.17, 15) is 17.2 Å². The fraction of sp³-hybridized carbons (Fsp3) is 0.385. The summed E-state index contributed by atoms with van der Waals surface area (Å²) in [5.41, 5.74) is 0.365. The van der Waals surface area contributed by atoms with Gasteiger partial charge < -0.3 is 10.1 Å². The van der Waals surface area contributed by atoms with Gasteiger partial charge in [0.1, 0.15) is 0 Å². The van der Waals surface area contributed by atoms with Gasteiger partial charge in [0.25, 0.3) is 10.1 Å². The van der Waals surface area contributed by atoms with E-state index in [-0.39, 0.29) is 17.9 Å². The molecule has 1 aromatic carbocycles. The molecule has 8 heteroatoms. The van der Waals surface area contributed by atoms with Gasteiger partial charge in [-0.2, -0.15) is 8.42 Å². The topological polar surface area (TPSA) is 80.2 Å². The van der Waals surface area contributed by atoms with Crippen molar-refractivity contribution in [3.05, 3.63) is 36.1 Å². The molecular formula is C13H18F2NO4S+. The Bertz CT molecular complexity index is 617. The Morgan fingerprint density at radius 1 is 1.33 bits per heavy atom. The lowest BCUT2D eigenvalue weighted by Crippen LogP contribution is -2.78. The number of rotatable bonds is 8. The van der Waals surface area contributed by atoms with Gasteiger partial charge >= 0.3 is 0 Å². The van der Waals surface area contributed by atoms with Crippen molar-refractivity contribution in [1.82, 2.24) is 0 Å². The smallest absolute Gasteiger partial charge is 0.264 e. The van der Waals surface area contributed by atoms with Crippen LogP contribution in [-0.2, 0) is 10.1 Å². The Labute approximate surface area is 122 Å². The first kappa shape index (κ1) is 17.5. The molecule has 5 nitrogen and oxygen atoms in total. The van der Waals surface area contributed by atoms with E-state index in [0.717, 1.165) is 12.1 Å². The molecule has 0 fully saturated rings. The van der Waals surface area contributed by atoms with Crippen molar-refractivity contribution in [3.63, 3.8) is 0 Å². The maximum Gasteiger partial charge on any atom is 0.264 e. The lowest BCUT2D eigenvalue weighted by molar-refractivity contribution is -0.572. The predicted octanol–water partition coefficient (Wildman–Crippen LogP) is 1.74. The summed E-state index contributed by atoms with van der Waals surface area (Å²) in [5, 5.41) is 1.62. The van der Waals surface area contributed by atoms with Gasteiger partial charge in [0.2, 0.25) is 0 Å². The molecule has 0 aliphatic heterocycles. The molecule has 1 rings (SSSR count). The highest BCUT2D eigenvalue weighted by atomic mass is 32.2. The summed E-state index contributed by atoms with van der Waals surface area (Å²) in [7, 11) is -3.97. The Hall–Kier alpha value is -1.51. The van der Waals surface area contributed by atoms with Crippen LogP contribution in [0.4, 0.5) is 14.5 Å². The SMILES string of the molecule is C=C(C)Oc1cc(F)c(F)cc1[NH2+]CCCCS(=O)(=O)O. The minimum Gasteiger partial charge on any atom is -0.456 e. The van der Waals surface area contributed by atoms with Crippen molar-refractivity contribution in [2.24, 2.45) is 0 Å². The monoisotopic (exact) mass is 322 g/mol. The molecule has 21 heavy (non-hydrogen) atoms. The molecule has 0 bridgehead atoms. The van der Waals surface area contributed by atoms with E-state index in [0.29, 0.717) is 24.4 Å². The molecule has 0 aliphatic rings. The van der Waals surface area contributed by atoms with Crippen molar-refractivity contribution >= 4 is 15.8 Å². The van der Waals surface area contributed by atoms with Crippen molar-refractivity contribution in [2.75, 3.05) is 12.3 Å². The van der Waals surface area contributed by atoms with Gasteiger partial charge in [-0.05, 0) is 19.8 Å². The van der Waals surface area contributed by atoms with Crippen LogP contribution in [0.2, 0.25) is 0 Å². The fourth-order valence-corrected chi connectivity index (χ4v) is 2.23. The number of benzene rings is 1. The molecule has 3 N–H and O–H groups in total. The van der Waals surface area contributed by atoms with E-state index in [1.165, 1.54) is 0 Å². The molecule has 0 heterocycles. The molecule has 0 unspecified atom stereocenters. The zero-order valence-corrected chi connectivity index (χ0v) is 12.4. The molecule has 0 spiro atoms. The average Bonchev–Trinajstić information content (AvgIpc) is 2.32. The van der Waals surface area contributed by atoms with E-state index in [1.807, 2.05) is 0 Å². The van der Waals surface area contributed by atoms with Crippen LogP contribution >= 0.6 is 0 Å². The highest BCUT2D eigenvalue weighted by Crippen LogP contribution is 2.25. The average molecular weight is 322 g/mol. The zero-order valence-electron chi connectivity index (χ0n) is 11.6. The molecular weight excluding hydrogens is 304 g/mol. The first-order chi connectivity index (χ1) is 9.69. The van der Waals surface area contributed by atoms with Gasteiger partial charge in [-0.3, -0.25) is 4.55 Å². The number of nitrogens with two attached hydrogens (primary N) is 1. The standard InChI is InChI=1S/C13H17F2NO4S/c1-9(2)20-13-8-11(15)10(14)7-12(13)16-5-3-4-6-21(17,18)19/h7-8,16H,1,3-6H2,2H3,(H,17,18,19)/p+1. The van der Waals surface area contributed by atoms with Gasteiger partial charge in [0.05, 0.1) is 18.1 Å². The summed E-state index contributed by atoms with van der Waals surface area (Å²) in [4.78, 5) is 0. The summed E-state index contributed by atoms with van der Waals surface area (Å²) < 4.78 is 61.3. The van der Waals surface area contributed by atoms with Crippen molar-refractivity contribution in [1.29, 1.82) is 0 Å². The molecule has 0 amide bonds. The first-order valence-electron chi connectivity index (χ1n) is 6.30. The number of hydrogen-bond donors (Lipinski definition) is 2. The Morgan fingerprint density at radius 2 is 1.95 bits per heavy atom. The van der Waals surface area contributed by atoms with E-state index in [1.54, 1.807) is 12.2 Å². The number of unbranched alkanes of at least 4 members (excludes halogenated alkanes) is 1. The van der Waals surface area contributed by atoms with Gasteiger partial charge in [-0.15, -0.1) is 0 Å². The van der Waals surface area contributed by atoms with Crippen LogP contribution in [-0.4, -0.2) is 25.3 Å². The third-order valence-electron chi connectivity index (χ3n) is 2.56. The molecule has 1 aromatic rings. The Kier molecular flexibility index (Phi) is 6.25. The minimum absolute atomic E-state index is 0.149. The van der Waals surface area contributed by atoms with Gasteiger partial charge in [-0.1, -0.05) is 6.58 Å². The molecule has 0 radical (unpaired) electrons. The van der Waals surface area contributed by atoms with Crippen LogP contribution in [0.25, 0.3) is 0 Å². The Balaban J connectivity index is 2.64. The second-order valence-corrected chi connectivity index (χ2v) is 6.17. The number of halogens is 2. The maximum absolute atomic E-state index is 13.2. The number of hydrogen-bond acceptors (Lipinski definition) is 3. The predicted molar refractivity (Wildman–Crippen MR) is 73.9 cm³/mol. The highest BCUT2D eigenvalue weighted by molar-refractivity contribution is 7.85. The van der Waals surface area contributed by atoms with Gasteiger partial charge in [0.15, 0.2) is 23.1 Å². The van der Waals surface area contributed by atoms with E-state index >= 15 is 0 Å². The van der Waals surface area contributed by atoms with Gasteiger partial charge in [0, 0.05) is 12.1 Å². The summed E-state index contributed by atoms with van der Waals surface area (Å²) in [6, 6.07) is 1.95. The van der Waals surface area contributed by atoms with Crippen LogP contribution in [0.3, 0.4) is 0 Å². The van der Waals surface area contributed by atoms with Crippen LogP contribution in [0.5, 0.6) is 5.75 Å². The lowest BCUT2D eigenvalue weighted by atomic mass is 10.2. The van der Waals surface area contributed by atoms with E-state index in [2.05, 4.69) is 6.58 Å². The summed E-state index contributed by atoms with van der Waals surface area (Å²) in [6.45, 7) is 5.55. The van der Waals surface area contributed by atoms with Crippen LogP contribution in [0.1, 0.15) is 19.8 Å². The van der Waals surface area contributed by atoms with Crippen molar-refractivity contribution < 1.29 is 31.8 Å². The third kappa shape index (κ3) is 6.65.